The summed E-state index contributed by atoms with van der Waals surface area (Å²) in [4.78, 5) is 12.0. The maximum absolute atomic E-state index is 12.1. The van der Waals surface area contributed by atoms with Gasteiger partial charge in [0.2, 0.25) is 10.0 Å². The number of amides is 1. The van der Waals surface area contributed by atoms with Crippen LogP contribution in [0.5, 0.6) is 0 Å². The SMILES string of the molecule is Cc1[nH]nc(NC(=O)c2cc(S(N)(=O)=O)cn2C)c1C. The molecule has 0 spiro atoms. The third kappa shape index (κ3) is 2.58. The van der Waals surface area contributed by atoms with Crippen LogP contribution in [-0.4, -0.2) is 29.1 Å². The number of sulfonamides is 1. The molecule has 0 aromatic carbocycles. The number of nitrogens with one attached hydrogen (secondary N) is 2. The molecule has 0 aliphatic carbocycles. The van der Waals surface area contributed by atoms with Gasteiger partial charge in [0, 0.05) is 24.5 Å². The molecule has 4 N–H and O–H groups in total. The number of aryl methyl sites for hydroxylation is 2. The van der Waals surface area contributed by atoms with Gasteiger partial charge < -0.3 is 9.88 Å². The highest BCUT2D eigenvalue weighted by Gasteiger charge is 2.18. The molecule has 2 heterocycles. The van der Waals surface area contributed by atoms with Crippen LogP contribution in [0, 0.1) is 13.8 Å². The van der Waals surface area contributed by atoms with Gasteiger partial charge in [-0.3, -0.25) is 9.89 Å². The molecule has 0 saturated heterocycles. The third-order valence-corrected chi connectivity index (χ3v) is 3.91. The molecule has 1 amide bonds. The zero-order valence-corrected chi connectivity index (χ0v) is 12.1. The molecule has 8 nitrogen and oxygen atoms in total. The maximum Gasteiger partial charge on any atom is 0.273 e. The topological polar surface area (TPSA) is 123 Å². The summed E-state index contributed by atoms with van der Waals surface area (Å²) in [6.45, 7) is 3.65. The van der Waals surface area contributed by atoms with Gasteiger partial charge in [-0.05, 0) is 19.9 Å². The van der Waals surface area contributed by atoms with E-state index in [1.807, 2.05) is 13.8 Å². The molecule has 0 fully saturated rings. The van der Waals surface area contributed by atoms with Crippen molar-refractivity contribution >= 4 is 21.7 Å². The van der Waals surface area contributed by atoms with Crippen molar-refractivity contribution in [2.24, 2.45) is 12.2 Å². The fraction of sp³-hybridized carbons (Fsp3) is 0.273. The number of carbonyl (C=O) groups excluding carboxylic acids is 1. The van der Waals surface area contributed by atoms with Crippen LogP contribution in [0.15, 0.2) is 17.2 Å². The maximum atomic E-state index is 12.1. The van der Waals surface area contributed by atoms with Gasteiger partial charge in [-0.1, -0.05) is 0 Å². The zero-order chi connectivity index (χ0) is 15.1. The number of aromatic nitrogens is 3. The summed E-state index contributed by atoms with van der Waals surface area (Å²) in [5, 5.41) is 14.4. The van der Waals surface area contributed by atoms with Gasteiger partial charge in [0.25, 0.3) is 5.91 Å². The van der Waals surface area contributed by atoms with E-state index >= 15 is 0 Å². The Hall–Kier alpha value is -2.13. The van der Waals surface area contributed by atoms with Crippen molar-refractivity contribution in [1.82, 2.24) is 14.8 Å². The second-order valence-corrected chi connectivity index (χ2v) is 6.05. The number of hydrogen-bond donors (Lipinski definition) is 3. The third-order valence-electron chi connectivity index (χ3n) is 3.03. The normalized spacial score (nSPS) is 11.6. The first kappa shape index (κ1) is 14.3. The number of H-pyrrole nitrogens is 1. The quantitative estimate of drug-likeness (QED) is 0.752. The number of nitrogens with zero attached hydrogens (tertiary/aromatic N) is 2. The van der Waals surface area contributed by atoms with Crippen LogP contribution in [0.4, 0.5) is 5.82 Å². The van der Waals surface area contributed by atoms with Crippen molar-refractivity contribution in [1.29, 1.82) is 0 Å². The standard InChI is InChI=1S/C11H15N5O3S/c1-6-7(2)14-15-10(6)13-11(17)9-4-8(5-16(9)3)20(12,18)19/h4-5H,1-3H3,(H2,12,18,19)(H2,13,14,15,17). The smallest absolute Gasteiger partial charge is 0.273 e. The van der Waals surface area contributed by atoms with E-state index in [2.05, 4.69) is 15.5 Å². The van der Waals surface area contributed by atoms with Gasteiger partial charge in [0.1, 0.15) is 10.6 Å². The van der Waals surface area contributed by atoms with Crippen LogP contribution < -0.4 is 10.5 Å². The van der Waals surface area contributed by atoms with Crippen LogP contribution in [0.3, 0.4) is 0 Å². The molecule has 108 valence electrons. The number of nitrogens with two attached hydrogens (primary N) is 1. The Morgan fingerprint density at radius 1 is 1.45 bits per heavy atom. The van der Waals surface area contributed by atoms with E-state index in [0.29, 0.717) is 5.82 Å². The predicted molar refractivity (Wildman–Crippen MR) is 72.8 cm³/mol. The molecule has 0 unspecified atom stereocenters. The molecule has 0 atom stereocenters. The van der Waals surface area contributed by atoms with Gasteiger partial charge in [0.15, 0.2) is 5.82 Å². The van der Waals surface area contributed by atoms with Crippen molar-refractivity contribution in [3.8, 4) is 0 Å². The molecular weight excluding hydrogens is 282 g/mol. The first-order valence-electron chi connectivity index (χ1n) is 5.72. The number of anilines is 1. The first-order chi connectivity index (χ1) is 9.20. The summed E-state index contributed by atoms with van der Waals surface area (Å²) in [7, 11) is -2.28. The lowest BCUT2D eigenvalue weighted by Gasteiger charge is -2.03. The molecule has 9 heteroatoms. The molecule has 0 saturated carbocycles. The summed E-state index contributed by atoms with van der Waals surface area (Å²) in [5.41, 5.74) is 1.84. The van der Waals surface area contributed by atoms with Crippen LogP contribution in [0.2, 0.25) is 0 Å². The second kappa shape index (κ2) is 4.76. The predicted octanol–water partition coefficient (Wildman–Crippen LogP) is 0.265. The van der Waals surface area contributed by atoms with Crippen LogP contribution in [-0.2, 0) is 17.1 Å². The highest BCUT2D eigenvalue weighted by atomic mass is 32.2. The van der Waals surface area contributed by atoms with Gasteiger partial charge in [-0.25, -0.2) is 13.6 Å². The minimum atomic E-state index is -3.84. The second-order valence-electron chi connectivity index (χ2n) is 4.49. The Balaban J connectivity index is 2.31. The Labute approximate surface area is 116 Å². The summed E-state index contributed by atoms with van der Waals surface area (Å²) >= 11 is 0. The molecule has 2 rings (SSSR count). The fourth-order valence-electron chi connectivity index (χ4n) is 1.69. The van der Waals surface area contributed by atoms with Crippen molar-refractivity contribution < 1.29 is 13.2 Å². The van der Waals surface area contributed by atoms with Gasteiger partial charge in [-0.2, -0.15) is 5.10 Å². The Bertz CT molecular complexity index is 772. The molecular formula is C11H15N5O3S. The van der Waals surface area contributed by atoms with Crippen LogP contribution in [0.1, 0.15) is 21.7 Å². The van der Waals surface area contributed by atoms with Crippen molar-refractivity contribution in [2.45, 2.75) is 18.7 Å². The van der Waals surface area contributed by atoms with E-state index in [-0.39, 0.29) is 10.6 Å². The van der Waals surface area contributed by atoms with Gasteiger partial charge in [0.05, 0.1) is 0 Å². The van der Waals surface area contributed by atoms with Crippen LogP contribution in [0.25, 0.3) is 0 Å². The summed E-state index contributed by atoms with van der Waals surface area (Å²) in [6.07, 6.45) is 1.28. The van der Waals surface area contributed by atoms with E-state index in [1.165, 1.54) is 16.8 Å². The Morgan fingerprint density at radius 3 is 2.55 bits per heavy atom. The lowest BCUT2D eigenvalue weighted by atomic mass is 10.3. The van der Waals surface area contributed by atoms with Gasteiger partial charge >= 0.3 is 0 Å². The number of primary sulfonamides is 1. The molecule has 20 heavy (non-hydrogen) atoms. The minimum Gasteiger partial charge on any atom is -0.345 e. The Kier molecular flexibility index (Phi) is 3.40. The molecule has 0 bridgehead atoms. The molecule has 2 aromatic heterocycles. The average molecular weight is 297 g/mol. The van der Waals surface area contributed by atoms with E-state index in [0.717, 1.165) is 11.3 Å². The number of aromatic amines is 1. The summed E-state index contributed by atoms with van der Waals surface area (Å²) in [5.74, 6) is -0.0529. The Morgan fingerprint density at radius 2 is 2.10 bits per heavy atom. The highest BCUT2D eigenvalue weighted by molar-refractivity contribution is 7.89. The number of carbonyl (C=O) groups is 1. The number of hydrogen-bond acceptors (Lipinski definition) is 4. The largest absolute Gasteiger partial charge is 0.345 e. The highest BCUT2D eigenvalue weighted by Crippen LogP contribution is 2.17. The summed E-state index contributed by atoms with van der Waals surface area (Å²) in [6, 6.07) is 1.22. The lowest BCUT2D eigenvalue weighted by Crippen LogP contribution is -2.16. The zero-order valence-electron chi connectivity index (χ0n) is 11.3. The monoisotopic (exact) mass is 297 g/mol. The van der Waals surface area contributed by atoms with Gasteiger partial charge in [-0.15, -0.1) is 0 Å². The van der Waals surface area contributed by atoms with E-state index < -0.39 is 15.9 Å². The van der Waals surface area contributed by atoms with Crippen molar-refractivity contribution in [3.05, 3.63) is 29.2 Å². The van der Waals surface area contributed by atoms with Crippen molar-refractivity contribution in [3.63, 3.8) is 0 Å². The summed E-state index contributed by atoms with van der Waals surface area (Å²) < 4.78 is 23.9. The molecule has 2 aromatic rings. The number of rotatable bonds is 3. The molecule has 0 aliphatic heterocycles. The minimum absolute atomic E-state index is 0.111. The first-order valence-corrected chi connectivity index (χ1v) is 7.27. The molecule has 0 radical (unpaired) electrons. The van der Waals surface area contributed by atoms with E-state index in [9.17, 15) is 13.2 Å². The molecule has 0 aliphatic rings. The fourth-order valence-corrected chi connectivity index (χ4v) is 2.27. The van der Waals surface area contributed by atoms with Crippen LogP contribution >= 0.6 is 0 Å². The average Bonchev–Trinajstić information content (AvgIpc) is 2.86. The van der Waals surface area contributed by atoms with E-state index in [1.54, 1.807) is 7.05 Å². The lowest BCUT2D eigenvalue weighted by molar-refractivity contribution is 0.101. The van der Waals surface area contributed by atoms with Crippen molar-refractivity contribution in [2.75, 3.05) is 5.32 Å². The van der Waals surface area contributed by atoms with E-state index in [4.69, 9.17) is 5.14 Å².